The van der Waals surface area contributed by atoms with Crippen LogP contribution in [-0.2, 0) is 10.0 Å². The molecule has 9 heteroatoms. The molecular formula is C17H14BrN3O4S. The molecule has 3 N–H and O–H groups in total. The Kier molecular flexibility index (Phi) is 4.89. The van der Waals surface area contributed by atoms with Crippen LogP contribution < -0.4 is 10.0 Å². The first-order valence-corrected chi connectivity index (χ1v) is 9.94. The summed E-state index contributed by atoms with van der Waals surface area (Å²) in [6, 6.07) is 10.7. The zero-order valence-corrected chi connectivity index (χ0v) is 15.8. The van der Waals surface area contributed by atoms with Crippen LogP contribution in [0, 0.1) is 11.3 Å². The van der Waals surface area contributed by atoms with Crippen molar-refractivity contribution in [2.75, 3.05) is 10.0 Å². The molecule has 1 fully saturated rings. The lowest BCUT2D eigenvalue weighted by Crippen LogP contribution is -2.16. The SMILES string of the molecule is N#Cc1ccc(NC2CC2)c(NS(=O)(=O)c2ccc(Br)c(C(=O)O)c2)c1. The van der Waals surface area contributed by atoms with Gasteiger partial charge in [0.15, 0.2) is 0 Å². The van der Waals surface area contributed by atoms with E-state index < -0.39 is 16.0 Å². The summed E-state index contributed by atoms with van der Waals surface area (Å²) in [5.74, 6) is -1.24. The average Bonchev–Trinajstić information content (AvgIpc) is 3.40. The number of hydrogen-bond acceptors (Lipinski definition) is 5. The molecule has 0 radical (unpaired) electrons. The zero-order chi connectivity index (χ0) is 18.9. The van der Waals surface area contributed by atoms with E-state index >= 15 is 0 Å². The smallest absolute Gasteiger partial charge is 0.336 e. The van der Waals surface area contributed by atoms with E-state index in [-0.39, 0.29) is 26.7 Å². The van der Waals surface area contributed by atoms with Gasteiger partial charge in [0.05, 0.1) is 33.5 Å². The molecule has 0 aliphatic heterocycles. The number of halogens is 1. The number of rotatable bonds is 6. The first kappa shape index (κ1) is 18.2. The van der Waals surface area contributed by atoms with Crippen molar-refractivity contribution >= 4 is 43.3 Å². The standard InChI is InChI=1S/C17H14BrN3O4S/c18-14-5-4-12(8-13(14)17(22)23)26(24,25)21-16-7-10(9-19)1-6-15(16)20-11-2-3-11/h1,4-8,11,20-21H,2-3H2,(H,22,23). The van der Waals surface area contributed by atoms with Gasteiger partial charge in [-0.05, 0) is 65.2 Å². The topological polar surface area (TPSA) is 119 Å². The van der Waals surface area contributed by atoms with E-state index in [1.807, 2.05) is 6.07 Å². The summed E-state index contributed by atoms with van der Waals surface area (Å²) in [7, 11) is -4.03. The quantitative estimate of drug-likeness (QED) is 0.639. The number of nitrogens with zero attached hydrogens (tertiary/aromatic N) is 1. The molecule has 3 rings (SSSR count). The third kappa shape index (κ3) is 3.98. The van der Waals surface area contributed by atoms with Crippen LogP contribution in [0.2, 0.25) is 0 Å². The molecule has 26 heavy (non-hydrogen) atoms. The molecular weight excluding hydrogens is 422 g/mol. The molecule has 0 atom stereocenters. The van der Waals surface area contributed by atoms with Crippen molar-refractivity contribution in [2.45, 2.75) is 23.8 Å². The lowest BCUT2D eigenvalue weighted by Gasteiger charge is -2.15. The number of carboxylic acid groups (broad SMARTS) is 1. The van der Waals surface area contributed by atoms with E-state index in [1.165, 1.54) is 18.2 Å². The first-order valence-electron chi connectivity index (χ1n) is 7.66. The van der Waals surface area contributed by atoms with Crippen LogP contribution in [0.3, 0.4) is 0 Å². The minimum Gasteiger partial charge on any atom is -0.478 e. The fraction of sp³-hybridized carbons (Fsp3) is 0.176. The van der Waals surface area contributed by atoms with Crippen LogP contribution in [0.25, 0.3) is 0 Å². The van der Waals surface area contributed by atoms with Crippen LogP contribution in [0.15, 0.2) is 45.8 Å². The second-order valence-electron chi connectivity index (χ2n) is 5.84. The first-order chi connectivity index (χ1) is 12.3. The second-order valence-corrected chi connectivity index (χ2v) is 8.38. The number of anilines is 2. The van der Waals surface area contributed by atoms with Crippen molar-refractivity contribution in [1.82, 2.24) is 0 Å². The van der Waals surface area contributed by atoms with E-state index in [1.54, 1.807) is 12.1 Å². The van der Waals surface area contributed by atoms with Crippen molar-refractivity contribution < 1.29 is 18.3 Å². The molecule has 0 bridgehead atoms. The molecule has 1 saturated carbocycles. The number of carbonyl (C=O) groups is 1. The predicted molar refractivity (Wildman–Crippen MR) is 99.7 cm³/mol. The Morgan fingerprint density at radius 1 is 1.19 bits per heavy atom. The number of benzene rings is 2. The number of sulfonamides is 1. The number of nitrogens with one attached hydrogen (secondary N) is 2. The largest absolute Gasteiger partial charge is 0.478 e. The van der Waals surface area contributed by atoms with Gasteiger partial charge < -0.3 is 10.4 Å². The van der Waals surface area contributed by atoms with E-state index in [4.69, 9.17) is 5.26 Å². The number of aromatic carboxylic acids is 1. The number of nitriles is 1. The fourth-order valence-electron chi connectivity index (χ4n) is 2.31. The molecule has 2 aromatic carbocycles. The van der Waals surface area contributed by atoms with Crippen LogP contribution in [0.4, 0.5) is 11.4 Å². The van der Waals surface area contributed by atoms with Gasteiger partial charge in [0, 0.05) is 10.5 Å². The maximum absolute atomic E-state index is 12.7. The van der Waals surface area contributed by atoms with Crippen LogP contribution >= 0.6 is 15.9 Å². The predicted octanol–water partition coefficient (Wildman–Crippen LogP) is 3.39. The highest BCUT2D eigenvalue weighted by molar-refractivity contribution is 9.10. The lowest BCUT2D eigenvalue weighted by molar-refractivity contribution is 0.0695. The van der Waals surface area contributed by atoms with Gasteiger partial charge in [0.1, 0.15) is 0 Å². The molecule has 1 aliphatic rings. The average molecular weight is 436 g/mol. The monoisotopic (exact) mass is 435 g/mol. The molecule has 0 unspecified atom stereocenters. The summed E-state index contributed by atoms with van der Waals surface area (Å²) in [6.07, 6.45) is 2.00. The summed E-state index contributed by atoms with van der Waals surface area (Å²) in [5, 5.41) is 21.5. The van der Waals surface area contributed by atoms with Gasteiger partial charge >= 0.3 is 5.97 Å². The van der Waals surface area contributed by atoms with Crippen molar-refractivity contribution in [3.8, 4) is 6.07 Å². The van der Waals surface area contributed by atoms with Crippen molar-refractivity contribution in [3.05, 3.63) is 52.0 Å². The highest BCUT2D eigenvalue weighted by Gasteiger charge is 2.24. The van der Waals surface area contributed by atoms with E-state index in [2.05, 4.69) is 26.0 Å². The van der Waals surface area contributed by atoms with E-state index in [0.717, 1.165) is 18.9 Å². The highest BCUT2D eigenvalue weighted by Crippen LogP contribution is 2.32. The van der Waals surface area contributed by atoms with Crippen molar-refractivity contribution in [1.29, 1.82) is 5.26 Å². The second kappa shape index (κ2) is 6.97. The van der Waals surface area contributed by atoms with Gasteiger partial charge in [-0.3, -0.25) is 4.72 Å². The summed E-state index contributed by atoms with van der Waals surface area (Å²) < 4.78 is 28.2. The van der Waals surface area contributed by atoms with Crippen molar-refractivity contribution in [2.24, 2.45) is 0 Å². The molecule has 0 heterocycles. The summed E-state index contributed by atoms with van der Waals surface area (Å²) >= 11 is 3.09. The fourth-order valence-corrected chi connectivity index (χ4v) is 3.82. The van der Waals surface area contributed by atoms with Gasteiger partial charge in [-0.25, -0.2) is 13.2 Å². The molecule has 0 spiro atoms. The van der Waals surface area contributed by atoms with Gasteiger partial charge in [0.25, 0.3) is 10.0 Å². The Hall–Kier alpha value is -2.57. The molecule has 134 valence electrons. The maximum Gasteiger partial charge on any atom is 0.336 e. The lowest BCUT2D eigenvalue weighted by atomic mass is 10.2. The summed E-state index contributed by atoms with van der Waals surface area (Å²) in [6.45, 7) is 0. The Labute approximate surface area is 158 Å². The van der Waals surface area contributed by atoms with Gasteiger partial charge in [-0.15, -0.1) is 0 Å². The zero-order valence-electron chi connectivity index (χ0n) is 13.4. The molecule has 7 nitrogen and oxygen atoms in total. The third-order valence-electron chi connectivity index (χ3n) is 3.81. The Balaban J connectivity index is 1.98. The number of hydrogen-bond donors (Lipinski definition) is 3. The molecule has 0 aromatic heterocycles. The summed E-state index contributed by atoms with van der Waals surface area (Å²) in [5.41, 5.74) is 0.974. The van der Waals surface area contributed by atoms with E-state index in [9.17, 15) is 18.3 Å². The number of carboxylic acids is 1. The Morgan fingerprint density at radius 3 is 2.54 bits per heavy atom. The van der Waals surface area contributed by atoms with Crippen molar-refractivity contribution in [3.63, 3.8) is 0 Å². The molecule has 2 aromatic rings. The third-order valence-corrected chi connectivity index (χ3v) is 5.86. The van der Waals surface area contributed by atoms with Crippen LogP contribution in [0.1, 0.15) is 28.8 Å². The Morgan fingerprint density at radius 2 is 1.92 bits per heavy atom. The molecule has 0 saturated heterocycles. The normalized spacial score (nSPS) is 13.7. The van der Waals surface area contributed by atoms with Crippen LogP contribution in [-0.4, -0.2) is 25.5 Å². The molecule has 1 aliphatic carbocycles. The van der Waals surface area contributed by atoms with E-state index in [0.29, 0.717) is 11.3 Å². The minimum absolute atomic E-state index is 0.157. The summed E-state index contributed by atoms with van der Waals surface area (Å²) in [4.78, 5) is 11.1. The van der Waals surface area contributed by atoms with Crippen LogP contribution in [0.5, 0.6) is 0 Å². The highest BCUT2D eigenvalue weighted by atomic mass is 79.9. The van der Waals surface area contributed by atoms with Gasteiger partial charge in [0.2, 0.25) is 0 Å². The minimum atomic E-state index is -4.03. The maximum atomic E-state index is 12.7. The molecule has 0 amide bonds. The Bertz CT molecular complexity index is 1030. The van der Waals surface area contributed by atoms with Gasteiger partial charge in [-0.1, -0.05) is 0 Å². The van der Waals surface area contributed by atoms with Gasteiger partial charge in [-0.2, -0.15) is 5.26 Å².